The summed E-state index contributed by atoms with van der Waals surface area (Å²) in [5.41, 5.74) is 0.765. The first-order valence-electron chi connectivity index (χ1n) is 6.73. The molecule has 1 heterocycles. The van der Waals surface area contributed by atoms with Crippen LogP contribution < -0.4 is 4.72 Å². The molecular formula is C14H19N3O3S. The Balaban J connectivity index is 2.11. The number of nitrogens with one attached hydrogen (secondary N) is 1. The van der Waals surface area contributed by atoms with Gasteiger partial charge >= 0.3 is 0 Å². The predicted octanol–water partition coefficient (Wildman–Crippen LogP) is 1.79. The lowest BCUT2D eigenvalue weighted by atomic mass is 10.2. The highest BCUT2D eigenvalue weighted by molar-refractivity contribution is 7.89. The van der Waals surface area contributed by atoms with E-state index in [0.717, 1.165) is 18.5 Å². The van der Waals surface area contributed by atoms with Crippen LogP contribution in [0.4, 0.5) is 0 Å². The molecular weight excluding hydrogens is 290 g/mol. The first-order valence-corrected chi connectivity index (χ1v) is 8.22. The van der Waals surface area contributed by atoms with Gasteiger partial charge in [-0.2, -0.15) is 0 Å². The van der Waals surface area contributed by atoms with Gasteiger partial charge in [0.05, 0.1) is 0 Å². The molecule has 7 heteroatoms. The highest BCUT2D eigenvalue weighted by atomic mass is 32.2. The van der Waals surface area contributed by atoms with Gasteiger partial charge in [-0.25, -0.2) is 18.1 Å². The van der Waals surface area contributed by atoms with Crippen molar-refractivity contribution in [2.75, 3.05) is 0 Å². The zero-order valence-electron chi connectivity index (χ0n) is 12.1. The summed E-state index contributed by atoms with van der Waals surface area (Å²) in [7, 11) is -3.63. The predicted molar refractivity (Wildman–Crippen MR) is 79.4 cm³/mol. The van der Waals surface area contributed by atoms with Crippen LogP contribution in [-0.4, -0.2) is 23.1 Å². The maximum absolute atomic E-state index is 12.2. The van der Waals surface area contributed by atoms with Crippen LogP contribution >= 0.6 is 0 Å². The van der Waals surface area contributed by atoms with Crippen LogP contribution in [0.2, 0.25) is 0 Å². The van der Waals surface area contributed by atoms with Crippen molar-refractivity contribution in [2.45, 2.75) is 38.4 Å². The maximum atomic E-state index is 12.2. The summed E-state index contributed by atoms with van der Waals surface area (Å²) in [6.07, 6.45) is 2.47. The first-order chi connectivity index (χ1) is 9.92. The Labute approximate surface area is 124 Å². The second-order valence-corrected chi connectivity index (χ2v) is 6.52. The van der Waals surface area contributed by atoms with E-state index in [1.807, 2.05) is 11.5 Å². The van der Waals surface area contributed by atoms with Crippen LogP contribution in [-0.2, 0) is 23.1 Å². The van der Waals surface area contributed by atoms with Crippen molar-refractivity contribution >= 4 is 10.0 Å². The molecule has 21 heavy (non-hydrogen) atoms. The SMILES string of the molecule is CCCn1cc(S(=O)(=O)NCc2ccc(O)cc2)nc1C. The van der Waals surface area contributed by atoms with E-state index in [1.54, 1.807) is 25.3 Å². The lowest BCUT2D eigenvalue weighted by Gasteiger charge is -2.04. The van der Waals surface area contributed by atoms with Gasteiger partial charge in [-0.1, -0.05) is 19.1 Å². The molecule has 2 rings (SSSR count). The summed E-state index contributed by atoms with van der Waals surface area (Å²) in [4.78, 5) is 4.10. The average Bonchev–Trinajstić information content (AvgIpc) is 2.81. The minimum Gasteiger partial charge on any atom is -0.508 e. The Bertz CT molecular complexity index is 706. The summed E-state index contributed by atoms with van der Waals surface area (Å²) >= 11 is 0. The first kappa shape index (κ1) is 15.5. The Morgan fingerprint density at radius 1 is 1.29 bits per heavy atom. The third kappa shape index (κ3) is 3.83. The van der Waals surface area contributed by atoms with Gasteiger partial charge < -0.3 is 9.67 Å². The van der Waals surface area contributed by atoms with Crippen LogP contribution in [0.25, 0.3) is 0 Å². The molecule has 1 aromatic heterocycles. The Hall–Kier alpha value is -1.86. The Morgan fingerprint density at radius 3 is 2.57 bits per heavy atom. The smallest absolute Gasteiger partial charge is 0.259 e. The van der Waals surface area contributed by atoms with Gasteiger partial charge in [0, 0.05) is 19.3 Å². The fraction of sp³-hybridized carbons (Fsp3) is 0.357. The molecule has 114 valence electrons. The fourth-order valence-corrected chi connectivity index (χ4v) is 2.96. The van der Waals surface area contributed by atoms with Gasteiger partial charge in [0.25, 0.3) is 10.0 Å². The highest BCUT2D eigenvalue weighted by Gasteiger charge is 2.18. The molecule has 0 fully saturated rings. The molecule has 0 amide bonds. The number of aromatic nitrogens is 2. The Morgan fingerprint density at radius 2 is 1.95 bits per heavy atom. The molecule has 2 N–H and O–H groups in total. The van der Waals surface area contributed by atoms with Crippen molar-refractivity contribution in [2.24, 2.45) is 0 Å². The second-order valence-electron chi connectivity index (χ2n) is 4.81. The van der Waals surface area contributed by atoms with Gasteiger partial charge in [0.2, 0.25) is 0 Å². The zero-order chi connectivity index (χ0) is 15.5. The summed E-state index contributed by atoms with van der Waals surface area (Å²) in [6.45, 7) is 4.71. The van der Waals surface area contributed by atoms with E-state index < -0.39 is 10.0 Å². The molecule has 0 spiro atoms. The van der Waals surface area contributed by atoms with Crippen LogP contribution in [0.5, 0.6) is 5.75 Å². The largest absolute Gasteiger partial charge is 0.508 e. The van der Waals surface area contributed by atoms with E-state index in [-0.39, 0.29) is 17.3 Å². The summed E-state index contributed by atoms with van der Waals surface area (Å²) in [6, 6.07) is 6.37. The maximum Gasteiger partial charge on any atom is 0.259 e. The van der Waals surface area contributed by atoms with Gasteiger partial charge in [0.1, 0.15) is 11.6 Å². The molecule has 0 aliphatic heterocycles. The fourth-order valence-electron chi connectivity index (χ4n) is 1.94. The number of hydrogen-bond donors (Lipinski definition) is 2. The number of hydrogen-bond acceptors (Lipinski definition) is 4. The minimum atomic E-state index is -3.63. The lowest BCUT2D eigenvalue weighted by Crippen LogP contribution is -2.23. The molecule has 1 aromatic carbocycles. The number of rotatable bonds is 6. The van der Waals surface area contributed by atoms with Crippen molar-refractivity contribution < 1.29 is 13.5 Å². The van der Waals surface area contributed by atoms with E-state index in [2.05, 4.69) is 9.71 Å². The van der Waals surface area contributed by atoms with Crippen molar-refractivity contribution in [3.8, 4) is 5.75 Å². The number of sulfonamides is 1. The number of aromatic hydroxyl groups is 1. The molecule has 2 aromatic rings. The standard InChI is InChI=1S/C14H19N3O3S/c1-3-8-17-10-14(16-11(17)2)21(19,20)15-9-12-4-6-13(18)7-5-12/h4-7,10,15,18H,3,8-9H2,1-2H3. The average molecular weight is 309 g/mol. The molecule has 0 bridgehead atoms. The lowest BCUT2D eigenvalue weighted by molar-refractivity contribution is 0.475. The number of phenolic OH excluding ortho intramolecular Hbond substituents is 1. The molecule has 0 atom stereocenters. The van der Waals surface area contributed by atoms with Gasteiger partial charge in [-0.15, -0.1) is 0 Å². The van der Waals surface area contributed by atoms with Crippen molar-refractivity contribution in [1.82, 2.24) is 14.3 Å². The third-order valence-corrected chi connectivity index (χ3v) is 4.37. The van der Waals surface area contributed by atoms with Gasteiger partial charge in [0.15, 0.2) is 5.03 Å². The van der Waals surface area contributed by atoms with E-state index in [0.29, 0.717) is 5.82 Å². The summed E-state index contributed by atoms with van der Waals surface area (Å²) < 4.78 is 28.7. The number of aryl methyl sites for hydroxylation is 2. The van der Waals surface area contributed by atoms with E-state index in [1.165, 1.54) is 12.1 Å². The second kappa shape index (κ2) is 6.28. The molecule has 0 unspecified atom stereocenters. The van der Waals surface area contributed by atoms with E-state index >= 15 is 0 Å². The monoisotopic (exact) mass is 309 g/mol. The molecule has 0 radical (unpaired) electrons. The number of imidazole rings is 1. The van der Waals surface area contributed by atoms with Crippen molar-refractivity contribution in [1.29, 1.82) is 0 Å². The summed E-state index contributed by atoms with van der Waals surface area (Å²) in [5.74, 6) is 0.831. The minimum absolute atomic E-state index is 0.0345. The van der Waals surface area contributed by atoms with E-state index in [4.69, 9.17) is 0 Å². The number of nitrogens with zero attached hydrogens (tertiary/aromatic N) is 2. The normalized spacial score (nSPS) is 11.7. The van der Waals surface area contributed by atoms with Crippen molar-refractivity contribution in [3.63, 3.8) is 0 Å². The molecule has 0 aliphatic carbocycles. The third-order valence-electron chi connectivity index (χ3n) is 3.10. The zero-order valence-corrected chi connectivity index (χ0v) is 12.9. The topological polar surface area (TPSA) is 84.2 Å². The molecule has 0 saturated carbocycles. The van der Waals surface area contributed by atoms with Crippen LogP contribution in [0.1, 0.15) is 24.7 Å². The van der Waals surface area contributed by atoms with E-state index in [9.17, 15) is 13.5 Å². The van der Waals surface area contributed by atoms with Gasteiger partial charge in [-0.3, -0.25) is 0 Å². The van der Waals surface area contributed by atoms with Crippen LogP contribution in [0, 0.1) is 6.92 Å². The quantitative estimate of drug-likeness (QED) is 0.852. The number of phenols is 1. The summed E-state index contributed by atoms with van der Waals surface area (Å²) in [5, 5.41) is 9.23. The Kier molecular flexibility index (Phi) is 4.64. The van der Waals surface area contributed by atoms with Gasteiger partial charge in [-0.05, 0) is 31.0 Å². The molecule has 0 saturated heterocycles. The van der Waals surface area contributed by atoms with Crippen LogP contribution in [0.15, 0.2) is 35.5 Å². The molecule has 0 aliphatic rings. The molecule has 6 nitrogen and oxygen atoms in total. The number of benzene rings is 1. The van der Waals surface area contributed by atoms with Crippen LogP contribution in [0.3, 0.4) is 0 Å². The van der Waals surface area contributed by atoms with Crippen molar-refractivity contribution in [3.05, 3.63) is 41.9 Å². The highest BCUT2D eigenvalue weighted by Crippen LogP contribution is 2.12.